The lowest BCUT2D eigenvalue weighted by Crippen LogP contribution is -2.12. The molecule has 2 aromatic carbocycles. The number of carbonyl (C=O) groups is 1. The van der Waals surface area contributed by atoms with Crippen LogP contribution in [-0.2, 0) is 12.8 Å². The number of carbonyl (C=O) groups excluding carboxylic acids is 1. The second kappa shape index (κ2) is 5.37. The quantitative estimate of drug-likeness (QED) is 0.870. The van der Waals surface area contributed by atoms with Crippen LogP contribution in [0.15, 0.2) is 40.9 Å². The molecular formula is C16H13BrFNO. The maximum absolute atomic E-state index is 13.1. The second-order valence-electron chi connectivity index (χ2n) is 4.92. The van der Waals surface area contributed by atoms with Gasteiger partial charge in [0.25, 0.3) is 5.91 Å². The van der Waals surface area contributed by atoms with E-state index in [1.165, 1.54) is 17.2 Å². The number of rotatable bonds is 2. The number of benzene rings is 2. The Kier molecular flexibility index (Phi) is 3.57. The Morgan fingerprint density at radius 1 is 1.10 bits per heavy atom. The van der Waals surface area contributed by atoms with Gasteiger partial charge >= 0.3 is 0 Å². The molecule has 1 amide bonds. The molecule has 0 bridgehead atoms. The predicted molar refractivity (Wildman–Crippen MR) is 80.5 cm³/mol. The topological polar surface area (TPSA) is 29.1 Å². The largest absolute Gasteiger partial charge is 0.322 e. The fourth-order valence-corrected chi connectivity index (χ4v) is 2.87. The molecule has 0 spiro atoms. The fourth-order valence-electron chi connectivity index (χ4n) is 2.49. The lowest BCUT2D eigenvalue weighted by molar-refractivity contribution is 0.102. The van der Waals surface area contributed by atoms with Crippen LogP contribution in [0.3, 0.4) is 0 Å². The van der Waals surface area contributed by atoms with Crippen LogP contribution in [0.5, 0.6) is 0 Å². The van der Waals surface area contributed by atoms with Gasteiger partial charge in [-0.3, -0.25) is 4.79 Å². The van der Waals surface area contributed by atoms with Gasteiger partial charge in [0.05, 0.1) is 4.47 Å². The average molecular weight is 334 g/mol. The number of fused-ring (bicyclic) bond motifs is 1. The summed E-state index contributed by atoms with van der Waals surface area (Å²) < 4.78 is 13.5. The summed E-state index contributed by atoms with van der Waals surface area (Å²) in [7, 11) is 0. The highest BCUT2D eigenvalue weighted by molar-refractivity contribution is 9.10. The van der Waals surface area contributed by atoms with Gasteiger partial charge in [0.15, 0.2) is 0 Å². The number of anilines is 1. The summed E-state index contributed by atoms with van der Waals surface area (Å²) in [6, 6.07) is 10.3. The zero-order chi connectivity index (χ0) is 14.1. The first-order valence-electron chi connectivity index (χ1n) is 6.52. The Morgan fingerprint density at radius 3 is 2.70 bits per heavy atom. The molecule has 0 heterocycles. The van der Waals surface area contributed by atoms with Crippen LogP contribution >= 0.6 is 15.9 Å². The zero-order valence-electron chi connectivity index (χ0n) is 10.7. The van der Waals surface area contributed by atoms with Crippen LogP contribution in [0, 0.1) is 5.82 Å². The van der Waals surface area contributed by atoms with Crippen molar-refractivity contribution < 1.29 is 9.18 Å². The van der Waals surface area contributed by atoms with Crippen molar-refractivity contribution in [1.29, 1.82) is 0 Å². The first-order chi connectivity index (χ1) is 9.63. The lowest BCUT2D eigenvalue weighted by Gasteiger charge is -2.08. The molecule has 20 heavy (non-hydrogen) atoms. The van der Waals surface area contributed by atoms with Crippen molar-refractivity contribution >= 4 is 27.5 Å². The minimum atomic E-state index is -0.347. The fraction of sp³-hybridized carbons (Fsp3) is 0.188. The molecule has 0 aliphatic heterocycles. The highest BCUT2D eigenvalue weighted by Crippen LogP contribution is 2.24. The Bertz CT molecular complexity index is 684. The minimum Gasteiger partial charge on any atom is -0.322 e. The lowest BCUT2D eigenvalue weighted by atomic mass is 10.1. The van der Waals surface area contributed by atoms with E-state index in [9.17, 15) is 9.18 Å². The van der Waals surface area contributed by atoms with Crippen LogP contribution in [0.1, 0.15) is 27.9 Å². The molecule has 0 atom stereocenters. The molecule has 0 fully saturated rings. The summed E-state index contributed by atoms with van der Waals surface area (Å²) in [6.45, 7) is 0. The van der Waals surface area contributed by atoms with Gasteiger partial charge in [-0.05, 0) is 76.7 Å². The highest BCUT2D eigenvalue weighted by atomic mass is 79.9. The molecule has 1 N–H and O–H groups in total. The number of halogens is 2. The number of hydrogen-bond donors (Lipinski definition) is 1. The van der Waals surface area contributed by atoms with Crippen LogP contribution < -0.4 is 5.32 Å². The van der Waals surface area contributed by atoms with Crippen molar-refractivity contribution in [3.8, 4) is 0 Å². The molecule has 4 heteroatoms. The summed E-state index contributed by atoms with van der Waals surface area (Å²) in [5.41, 5.74) is 3.82. The van der Waals surface area contributed by atoms with E-state index in [1.807, 2.05) is 18.2 Å². The molecule has 0 radical (unpaired) electrons. The maximum atomic E-state index is 13.1. The summed E-state index contributed by atoms with van der Waals surface area (Å²) in [6.07, 6.45) is 3.30. The number of hydrogen-bond acceptors (Lipinski definition) is 1. The predicted octanol–water partition coefficient (Wildman–Crippen LogP) is 4.33. The molecule has 1 aliphatic carbocycles. The third-order valence-corrected chi connectivity index (χ3v) is 4.15. The summed E-state index contributed by atoms with van der Waals surface area (Å²) in [4.78, 5) is 12.2. The molecular weight excluding hydrogens is 321 g/mol. The molecule has 0 saturated heterocycles. The molecule has 102 valence electrons. The molecule has 0 saturated carbocycles. The van der Waals surface area contributed by atoms with Gasteiger partial charge in [0.1, 0.15) is 5.82 Å². The number of nitrogens with one attached hydrogen (secondary N) is 1. The first kappa shape index (κ1) is 13.3. The standard InChI is InChI=1S/C16H13BrFNO/c17-14-9-13(6-7-15(14)18)19-16(20)12-5-4-10-2-1-3-11(10)8-12/h4-9H,1-3H2,(H,19,20). The van der Waals surface area contributed by atoms with E-state index in [1.54, 1.807) is 12.1 Å². The van der Waals surface area contributed by atoms with Crippen molar-refractivity contribution in [2.75, 3.05) is 5.32 Å². The third kappa shape index (κ3) is 2.61. The van der Waals surface area contributed by atoms with Crippen molar-refractivity contribution in [3.05, 3.63) is 63.4 Å². The zero-order valence-corrected chi connectivity index (χ0v) is 12.3. The molecule has 2 aromatic rings. The highest BCUT2D eigenvalue weighted by Gasteiger charge is 2.14. The van der Waals surface area contributed by atoms with E-state index >= 15 is 0 Å². The number of aryl methyl sites for hydroxylation is 2. The van der Waals surface area contributed by atoms with Gasteiger partial charge in [-0.15, -0.1) is 0 Å². The van der Waals surface area contributed by atoms with Crippen molar-refractivity contribution in [1.82, 2.24) is 0 Å². The third-order valence-electron chi connectivity index (χ3n) is 3.54. The van der Waals surface area contributed by atoms with E-state index in [2.05, 4.69) is 21.2 Å². The van der Waals surface area contributed by atoms with Crippen LogP contribution in [0.4, 0.5) is 10.1 Å². The first-order valence-corrected chi connectivity index (χ1v) is 7.31. The van der Waals surface area contributed by atoms with Gasteiger partial charge in [-0.2, -0.15) is 0 Å². The molecule has 0 unspecified atom stereocenters. The molecule has 0 aromatic heterocycles. The summed E-state index contributed by atoms with van der Waals surface area (Å²) in [5, 5.41) is 2.78. The smallest absolute Gasteiger partial charge is 0.255 e. The minimum absolute atomic E-state index is 0.168. The van der Waals surface area contributed by atoms with E-state index < -0.39 is 0 Å². The van der Waals surface area contributed by atoms with E-state index in [0.717, 1.165) is 19.3 Å². The Balaban J connectivity index is 1.80. The normalized spacial score (nSPS) is 13.1. The van der Waals surface area contributed by atoms with Crippen molar-refractivity contribution in [3.63, 3.8) is 0 Å². The van der Waals surface area contributed by atoms with Gasteiger partial charge in [0.2, 0.25) is 0 Å². The van der Waals surface area contributed by atoms with Crippen LogP contribution in [-0.4, -0.2) is 5.91 Å². The summed E-state index contributed by atoms with van der Waals surface area (Å²) in [5.74, 6) is -0.515. The van der Waals surface area contributed by atoms with E-state index in [0.29, 0.717) is 15.7 Å². The molecule has 2 nitrogen and oxygen atoms in total. The van der Waals surface area contributed by atoms with Crippen molar-refractivity contribution in [2.45, 2.75) is 19.3 Å². The van der Waals surface area contributed by atoms with Crippen molar-refractivity contribution in [2.24, 2.45) is 0 Å². The summed E-state index contributed by atoms with van der Waals surface area (Å²) >= 11 is 3.11. The average Bonchev–Trinajstić information content (AvgIpc) is 2.90. The van der Waals surface area contributed by atoms with Crippen LogP contribution in [0.2, 0.25) is 0 Å². The van der Waals surface area contributed by atoms with Crippen LogP contribution in [0.25, 0.3) is 0 Å². The second-order valence-corrected chi connectivity index (χ2v) is 5.77. The van der Waals surface area contributed by atoms with Gasteiger partial charge in [-0.1, -0.05) is 6.07 Å². The Morgan fingerprint density at radius 2 is 1.90 bits per heavy atom. The molecule has 1 aliphatic rings. The number of amides is 1. The van der Waals surface area contributed by atoms with Gasteiger partial charge in [-0.25, -0.2) is 4.39 Å². The monoisotopic (exact) mass is 333 g/mol. The van der Waals surface area contributed by atoms with Gasteiger partial charge < -0.3 is 5.32 Å². The van der Waals surface area contributed by atoms with Gasteiger partial charge in [0, 0.05) is 11.3 Å². The Labute approximate surface area is 125 Å². The van der Waals surface area contributed by atoms with E-state index in [-0.39, 0.29) is 11.7 Å². The Hall–Kier alpha value is -1.68. The molecule has 3 rings (SSSR count). The van der Waals surface area contributed by atoms with E-state index in [4.69, 9.17) is 0 Å². The maximum Gasteiger partial charge on any atom is 0.255 e. The SMILES string of the molecule is O=C(Nc1ccc(F)c(Br)c1)c1ccc2c(c1)CCC2.